The smallest absolute Gasteiger partial charge is 0.250 e. The molecule has 5 nitrogen and oxygen atoms in total. The molecule has 1 aliphatic carbocycles. The molecule has 0 bridgehead atoms. The Bertz CT molecular complexity index is 756. The van der Waals surface area contributed by atoms with Gasteiger partial charge in [0.1, 0.15) is 0 Å². The summed E-state index contributed by atoms with van der Waals surface area (Å²) < 4.78 is 0. The van der Waals surface area contributed by atoms with Crippen molar-refractivity contribution in [3.05, 3.63) is 59.2 Å². The van der Waals surface area contributed by atoms with Gasteiger partial charge in [-0.2, -0.15) is 0 Å². The van der Waals surface area contributed by atoms with Crippen molar-refractivity contribution in [1.29, 1.82) is 0 Å². The van der Waals surface area contributed by atoms with Crippen molar-refractivity contribution in [3.8, 4) is 0 Å². The molecule has 0 heterocycles. The number of primary amides is 1. The van der Waals surface area contributed by atoms with E-state index in [1.54, 1.807) is 24.3 Å². The van der Waals surface area contributed by atoms with Crippen molar-refractivity contribution in [2.24, 2.45) is 5.73 Å². The largest absolute Gasteiger partial charge is 0.376 e. The fourth-order valence-electron chi connectivity index (χ4n) is 2.88. The van der Waals surface area contributed by atoms with Gasteiger partial charge in [-0.1, -0.05) is 18.2 Å². The van der Waals surface area contributed by atoms with Crippen LogP contribution in [-0.2, 0) is 17.6 Å². The van der Waals surface area contributed by atoms with Crippen molar-refractivity contribution in [2.45, 2.75) is 19.3 Å². The molecule has 0 spiro atoms. The minimum Gasteiger partial charge on any atom is -0.376 e. The first kappa shape index (κ1) is 15.1. The van der Waals surface area contributed by atoms with Crippen molar-refractivity contribution < 1.29 is 9.59 Å². The molecule has 2 aromatic carbocycles. The van der Waals surface area contributed by atoms with E-state index < -0.39 is 5.91 Å². The van der Waals surface area contributed by atoms with Crippen molar-refractivity contribution in [1.82, 2.24) is 0 Å². The van der Waals surface area contributed by atoms with Gasteiger partial charge in [-0.3, -0.25) is 9.59 Å². The molecule has 0 fully saturated rings. The molecule has 2 aromatic rings. The van der Waals surface area contributed by atoms with E-state index in [0.717, 1.165) is 18.5 Å². The summed E-state index contributed by atoms with van der Waals surface area (Å²) in [6.45, 7) is 0.0708. The molecule has 0 radical (unpaired) electrons. The summed E-state index contributed by atoms with van der Waals surface area (Å²) in [4.78, 5) is 23.4. The van der Waals surface area contributed by atoms with Crippen molar-refractivity contribution >= 4 is 23.2 Å². The van der Waals surface area contributed by atoms with Gasteiger partial charge >= 0.3 is 0 Å². The molecule has 0 unspecified atom stereocenters. The van der Waals surface area contributed by atoms with Gasteiger partial charge in [-0.15, -0.1) is 0 Å². The lowest BCUT2D eigenvalue weighted by Crippen LogP contribution is -2.23. The zero-order chi connectivity index (χ0) is 16.2. The van der Waals surface area contributed by atoms with Crippen LogP contribution in [0.25, 0.3) is 0 Å². The van der Waals surface area contributed by atoms with Crippen LogP contribution in [0.1, 0.15) is 27.9 Å². The van der Waals surface area contributed by atoms with Gasteiger partial charge in [-0.25, -0.2) is 0 Å². The van der Waals surface area contributed by atoms with Crippen molar-refractivity contribution in [2.75, 3.05) is 17.2 Å². The van der Waals surface area contributed by atoms with E-state index in [1.807, 2.05) is 12.1 Å². The maximum absolute atomic E-state index is 12.1. The van der Waals surface area contributed by atoms with Gasteiger partial charge in [0.25, 0.3) is 5.91 Å². The van der Waals surface area contributed by atoms with Gasteiger partial charge in [0, 0.05) is 11.4 Å². The minimum atomic E-state index is -0.521. The number of anilines is 2. The third kappa shape index (κ3) is 3.51. The van der Waals surface area contributed by atoms with Crippen LogP contribution < -0.4 is 16.4 Å². The first-order valence-corrected chi connectivity index (χ1v) is 7.68. The van der Waals surface area contributed by atoms with Gasteiger partial charge in [-0.05, 0) is 54.7 Å². The van der Waals surface area contributed by atoms with Crippen LogP contribution in [0.5, 0.6) is 0 Å². The predicted octanol–water partition coefficient (Wildman–Crippen LogP) is 2.32. The molecule has 2 amide bonds. The Morgan fingerprint density at radius 1 is 1.04 bits per heavy atom. The fraction of sp³-hybridized carbons (Fsp3) is 0.222. The first-order chi connectivity index (χ1) is 11.1. The van der Waals surface area contributed by atoms with Crippen LogP contribution >= 0.6 is 0 Å². The summed E-state index contributed by atoms with van der Waals surface area (Å²) in [6, 6.07) is 12.9. The Hall–Kier alpha value is -2.82. The predicted molar refractivity (Wildman–Crippen MR) is 90.5 cm³/mol. The fourth-order valence-corrected chi connectivity index (χ4v) is 2.88. The number of hydrogen-bond donors (Lipinski definition) is 3. The Morgan fingerprint density at radius 2 is 1.83 bits per heavy atom. The molecule has 5 heteroatoms. The number of amides is 2. The molecule has 0 aromatic heterocycles. The second-order valence-electron chi connectivity index (χ2n) is 5.65. The summed E-state index contributed by atoms with van der Waals surface area (Å²) in [5, 5.41) is 5.83. The quantitative estimate of drug-likeness (QED) is 0.792. The normalized spacial score (nSPS) is 12.5. The van der Waals surface area contributed by atoms with E-state index in [0.29, 0.717) is 11.3 Å². The average molecular weight is 309 g/mol. The second kappa shape index (κ2) is 6.52. The maximum Gasteiger partial charge on any atom is 0.250 e. The number of carbonyl (C=O) groups excluding carboxylic acids is 2. The molecule has 1 aliphatic rings. The number of rotatable bonds is 5. The lowest BCUT2D eigenvalue weighted by molar-refractivity contribution is -0.114. The number of aryl methyl sites for hydroxylation is 2. The van der Waals surface area contributed by atoms with E-state index in [9.17, 15) is 9.59 Å². The van der Waals surface area contributed by atoms with Gasteiger partial charge < -0.3 is 16.4 Å². The Labute approximate surface area is 134 Å². The summed E-state index contributed by atoms with van der Waals surface area (Å²) in [7, 11) is 0. The second-order valence-corrected chi connectivity index (χ2v) is 5.65. The molecule has 0 aliphatic heterocycles. The average Bonchev–Trinajstić information content (AvgIpc) is 3.00. The first-order valence-electron chi connectivity index (χ1n) is 7.68. The molecule has 0 atom stereocenters. The zero-order valence-electron chi connectivity index (χ0n) is 12.8. The van der Waals surface area contributed by atoms with Crippen LogP contribution in [0.15, 0.2) is 42.5 Å². The van der Waals surface area contributed by atoms with Crippen LogP contribution in [0.3, 0.4) is 0 Å². The lowest BCUT2D eigenvalue weighted by Gasteiger charge is -2.11. The SMILES string of the molecule is NC(=O)c1ccccc1NCC(=O)Nc1ccc2c(c1)CCC2. The molecule has 23 heavy (non-hydrogen) atoms. The van der Waals surface area contributed by atoms with Crippen LogP contribution in [0, 0.1) is 0 Å². The van der Waals surface area contributed by atoms with Crippen LogP contribution in [0.4, 0.5) is 11.4 Å². The van der Waals surface area contributed by atoms with Gasteiger partial charge in [0.15, 0.2) is 0 Å². The highest BCUT2D eigenvalue weighted by molar-refractivity contribution is 6.00. The molecule has 118 valence electrons. The number of nitrogens with one attached hydrogen (secondary N) is 2. The van der Waals surface area contributed by atoms with E-state index in [-0.39, 0.29) is 12.5 Å². The Morgan fingerprint density at radius 3 is 2.65 bits per heavy atom. The van der Waals surface area contributed by atoms with Crippen LogP contribution in [-0.4, -0.2) is 18.4 Å². The Kier molecular flexibility index (Phi) is 4.28. The number of carbonyl (C=O) groups is 2. The van der Waals surface area contributed by atoms with Gasteiger partial charge in [0.05, 0.1) is 12.1 Å². The summed E-state index contributed by atoms with van der Waals surface area (Å²) in [6.07, 6.45) is 3.37. The van der Waals surface area contributed by atoms with Crippen molar-refractivity contribution in [3.63, 3.8) is 0 Å². The highest BCUT2D eigenvalue weighted by atomic mass is 16.2. The topological polar surface area (TPSA) is 84.2 Å². The Balaban J connectivity index is 1.61. The molecule has 3 rings (SSSR count). The minimum absolute atomic E-state index is 0.0708. The van der Waals surface area contributed by atoms with E-state index in [1.165, 1.54) is 17.5 Å². The maximum atomic E-state index is 12.1. The van der Waals surface area contributed by atoms with E-state index in [4.69, 9.17) is 5.73 Å². The molecule has 0 saturated carbocycles. The number of nitrogens with two attached hydrogens (primary N) is 1. The monoisotopic (exact) mass is 309 g/mol. The molecule has 0 saturated heterocycles. The number of hydrogen-bond acceptors (Lipinski definition) is 3. The summed E-state index contributed by atoms with van der Waals surface area (Å²) >= 11 is 0. The molecule has 4 N–H and O–H groups in total. The summed E-state index contributed by atoms with van der Waals surface area (Å²) in [5.74, 6) is -0.686. The molecular formula is C18H19N3O2. The zero-order valence-corrected chi connectivity index (χ0v) is 12.8. The molecular weight excluding hydrogens is 290 g/mol. The number of fused-ring (bicyclic) bond motifs is 1. The van der Waals surface area contributed by atoms with E-state index in [2.05, 4.69) is 16.7 Å². The number of benzene rings is 2. The number of para-hydroxylation sites is 1. The standard InChI is InChI=1S/C18H19N3O2/c19-18(23)15-6-1-2-7-16(15)20-11-17(22)21-14-9-8-12-4-3-5-13(12)10-14/h1-2,6-10,20H,3-5,11H2,(H2,19,23)(H,21,22). The van der Waals surface area contributed by atoms with Gasteiger partial charge in [0.2, 0.25) is 5.91 Å². The highest BCUT2D eigenvalue weighted by Crippen LogP contribution is 2.24. The van der Waals surface area contributed by atoms with Crippen LogP contribution in [0.2, 0.25) is 0 Å². The lowest BCUT2D eigenvalue weighted by atomic mass is 10.1. The third-order valence-corrected chi connectivity index (χ3v) is 4.01. The summed E-state index contributed by atoms with van der Waals surface area (Å²) in [5.41, 5.74) is 9.74. The van der Waals surface area contributed by atoms with E-state index >= 15 is 0 Å². The third-order valence-electron chi connectivity index (χ3n) is 4.01. The highest BCUT2D eigenvalue weighted by Gasteiger charge is 2.12.